The molecular weight excluding hydrogens is 358 g/mol. The molecule has 0 N–H and O–H groups in total. The molecule has 1 aliphatic heterocycles. The average molecular weight is 376 g/mol. The van der Waals surface area contributed by atoms with Crippen LogP contribution in [0, 0.1) is 24.0 Å². The Morgan fingerprint density at radius 2 is 1.64 bits per heavy atom. The molecule has 132 valence electrons. The summed E-state index contributed by atoms with van der Waals surface area (Å²) < 4.78 is 5.00. The minimum Gasteiger partial charge on any atom is -0.868 e. The molecule has 0 bridgehead atoms. The van der Waals surface area contributed by atoms with Crippen LogP contribution in [-0.4, -0.2) is 12.0 Å². The molecule has 2 aromatic rings. The van der Waals surface area contributed by atoms with Gasteiger partial charge in [-0.2, -0.15) is 0 Å². The predicted molar refractivity (Wildman–Crippen MR) is 100 cm³/mol. The van der Waals surface area contributed by atoms with Crippen LogP contribution in [0.3, 0.4) is 0 Å². The zero-order chi connectivity index (χ0) is 18.1. The number of hydrogen-bond acceptors (Lipinski definition) is 6. The lowest BCUT2D eigenvalue weighted by Gasteiger charge is -2.21. The van der Waals surface area contributed by atoms with Crippen molar-refractivity contribution in [3.63, 3.8) is 0 Å². The van der Waals surface area contributed by atoms with Gasteiger partial charge in [-0.25, -0.2) is 0 Å². The molecule has 0 atom stereocenters. The lowest BCUT2D eigenvalue weighted by atomic mass is 10.0. The average Bonchev–Trinajstić information content (AvgIpc) is 2.78. The van der Waals surface area contributed by atoms with Crippen molar-refractivity contribution >= 4 is 29.2 Å². The number of aryl methyl sites for hydroxylation is 2. The van der Waals surface area contributed by atoms with E-state index in [0.717, 1.165) is 11.5 Å². The van der Waals surface area contributed by atoms with Crippen molar-refractivity contribution in [1.82, 2.24) is 0 Å². The third-order valence-electron chi connectivity index (χ3n) is 4.35. The van der Waals surface area contributed by atoms with Gasteiger partial charge < -0.3 is 9.84 Å². The summed E-state index contributed by atoms with van der Waals surface area (Å²) in [5, 5.41) is 23.7. The first kappa shape index (κ1) is 17.9. The molecule has 0 aromatic heterocycles. The molecule has 2 aromatic carbocycles. The van der Waals surface area contributed by atoms with Gasteiger partial charge in [0.05, 0.1) is 22.7 Å². The number of benzene rings is 2. The third kappa shape index (κ3) is 3.57. The molecule has 0 saturated heterocycles. The Morgan fingerprint density at radius 3 is 2.12 bits per heavy atom. The molecule has 0 unspecified atom stereocenters. The van der Waals surface area contributed by atoms with Gasteiger partial charge in [0, 0.05) is 11.5 Å². The number of ether oxygens (including phenoxy) is 1. The van der Waals surface area contributed by atoms with Gasteiger partial charge in [-0.1, -0.05) is 12.1 Å². The number of thioether (sulfide) groups is 2. The van der Waals surface area contributed by atoms with E-state index in [1.807, 2.05) is 0 Å². The molecule has 5 nitrogen and oxygen atoms in total. The van der Waals surface area contributed by atoms with Crippen LogP contribution in [0.25, 0.3) is 0 Å². The van der Waals surface area contributed by atoms with E-state index < -0.39 is 16.4 Å². The van der Waals surface area contributed by atoms with Crippen LogP contribution in [0.2, 0.25) is 0 Å². The molecule has 1 aliphatic rings. The summed E-state index contributed by atoms with van der Waals surface area (Å²) in [5.74, 6) is 1.38. The molecule has 1 heterocycles. The van der Waals surface area contributed by atoms with Crippen LogP contribution in [0.5, 0.6) is 11.5 Å². The Labute approximate surface area is 154 Å². The molecule has 3 rings (SSSR count). The van der Waals surface area contributed by atoms with Crippen LogP contribution < -0.4 is 9.84 Å². The van der Waals surface area contributed by atoms with Crippen molar-refractivity contribution in [3.8, 4) is 11.5 Å². The standard InChI is InChI=1S/C18H19NO4S2/c1-10-4-12-8-24-18(25-9-13(12)5-11(10)2)15-6-14(23-3)7-16(17(15)20)19(21)22/h4-7,18,20H,8-9H2,1-3H3/p-1. The van der Waals surface area contributed by atoms with Crippen LogP contribution in [-0.2, 0) is 11.5 Å². The second-order valence-corrected chi connectivity index (χ2v) is 8.47. The predicted octanol–water partition coefficient (Wildman–Crippen LogP) is 4.47. The van der Waals surface area contributed by atoms with Crippen LogP contribution in [0.4, 0.5) is 5.69 Å². The van der Waals surface area contributed by atoms with E-state index in [1.54, 1.807) is 29.6 Å². The van der Waals surface area contributed by atoms with Gasteiger partial charge >= 0.3 is 0 Å². The Kier molecular flexibility index (Phi) is 5.15. The highest BCUT2D eigenvalue weighted by molar-refractivity contribution is 8.15. The molecule has 25 heavy (non-hydrogen) atoms. The Balaban J connectivity index is 1.96. The topological polar surface area (TPSA) is 75.4 Å². The van der Waals surface area contributed by atoms with Gasteiger partial charge in [-0.05, 0) is 53.5 Å². The van der Waals surface area contributed by atoms with Crippen LogP contribution >= 0.6 is 23.5 Å². The van der Waals surface area contributed by atoms with E-state index in [1.165, 1.54) is 35.4 Å². The van der Waals surface area contributed by atoms with Crippen LogP contribution in [0.1, 0.15) is 32.4 Å². The Morgan fingerprint density at radius 1 is 1.08 bits per heavy atom. The van der Waals surface area contributed by atoms with E-state index in [0.29, 0.717) is 11.3 Å². The van der Waals surface area contributed by atoms with Gasteiger partial charge in [0.25, 0.3) is 5.69 Å². The summed E-state index contributed by atoms with van der Waals surface area (Å²) in [4.78, 5) is 10.5. The van der Waals surface area contributed by atoms with Crippen molar-refractivity contribution < 1.29 is 14.8 Å². The quantitative estimate of drug-likeness (QED) is 0.581. The molecule has 0 amide bonds. The van der Waals surface area contributed by atoms with E-state index in [9.17, 15) is 15.2 Å². The summed E-state index contributed by atoms with van der Waals surface area (Å²) in [6.07, 6.45) is 0. The summed E-state index contributed by atoms with van der Waals surface area (Å²) >= 11 is 3.27. The number of fused-ring (bicyclic) bond motifs is 1. The Bertz CT molecular complexity index is 805. The summed E-state index contributed by atoms with van der Waals surface area (Å²) in [5.41, 5.74) is 5.06. The fourth-order valence-electron chi connectivity index (χ4n) is 2.80. The maximum Gasteiger partial charge on any atom is 0.265 e. The number of nitro groups is 1. The lowest BCUT2D eigenvalue weighted by molar-refractivity contribution is -0.398. The van der Waals surface area contributed by atoms with Crippen molar-refractivity contribution in [3.05, 3.63) is 62.2 Å². The highest BCUT2D eigenvalue weighted by Gasteiger charge is 2.24. The highest BCUT2D eigenvalue weighted by Crippen LogP contribution is 2.50. The number of nitrogens with zero attached hydrogens (tertiary/aromatic N) is 1. The van der Waals surface area contributed by atoms with Gasteiger partial charge in [-0.3, -0.25) is 10.1 Å². The molecule has 0 fully saturated rings. The minimum absolute atomic E-state index is 0.158. The fourth-order valence-corrected chi connectivity index (χ4v) is 5.50. The lowest BCUT2D eigenvalue weighted by Crippen LogP contribution is -2.04. The SMILES string of the molecule is COc1cc(C2SCc3cc(C)c(C)cc3CS2)c([O-])c([N+](=O)[O-])c1. The number of nitro benzene ring substituents is 1. The van der Waals surface area contributed by atoms with E-state index in [-0.39, 0.29) is 4.58 Å². The minimum atomic E-state index is -0.637. The summed E-state index contributed by atoms with van der Waals surface area (Å²) in [6.45, 7) is 4.19. The second kappa shape index (κ2) is 7.17. The van der Waals surface area contributed by atoms with Crippen molar-refractivity contribution in [2.75, 3.05) is 7.11 Å². The summed E-state index contributed by atoms with van der Waals surface area (Å²) in [7, 11) is 1.45. The zero-order valence-electron chi connectivity index (χ0n) is 14.2. The first-order valence-corrected chi connectivity index (χ1v) is 9.86. The normalized spacial score (nSPS) is 14.7. The molecule has 0 aliphatic carbocycles. The largest absolute Gasteiger partial charge is 0.868 e. The van der Waals surface area contributed by atoms with Gasteiger partial charge in [-0.15, -0.1) is 23.5 Å². The Hall–Kier alpha value is -1.86. The van der Waals surface area contributed by atoms with Gasteiger partial charge in [0.15, 0.2) is 0 Å². The molecule has 0 radical (unpaired) electrons. The van der Waals surface area contributed by atoms with Gasteiger partial charge in [0.1, 0.15) is 5.75 Å². The first-order chi connectivity index (χ1) is 11.9. The zero-order valence-corrected chi connectivity index (χ0v) is 15.8. The number of methoxy groups -OCH3 is 1. The van der Waals surface area contributed by atoms with E-state index >= 15 is 0 Å². The van der Waals surface area contributed by atoms with E-state index in [2.05, 4.69) is 26.0 Å². The fraction of sp³-hybridized carbons (Fsp3) is 0.333. The van der Waals surface area contributed by atoms with Crippen molar-refractivity contribution in [2.45, 2.75) is 29.9 Å². The molecule has 0 spiro atoms. The van der Waals surface area contributed by atoms with Crippen LogP contribution in [0.15, 0.2) is 24.3 Å². The van der Waals surface area contributed by atoms with Crippen molar-refractivity contribution in [1.29, 1.82) is 0 Å². The summed E-state index contributed by atoms with van der Waals surface area (Å²) in [6, 6.07) is 7.23. The first-order valence-electron chi connectivity index (χ1n) is 7.76. The second-order valence-electron chi connectivity index (χ2n) is 5.98. The molecular formula is C18H18NO4S2-. The van der Waals surface area contributed by atoms with Gasteiger partial charge in [0.2, 0.25) is 0 Å². The van der Waals surface area contributed by atoms with Crippen molar-refractivity contribution in [2.24, 2.45) is 0 Å². The number of rotatable bonds is 3. The molecule has 7 heteroatoms. The third-order valence-corrected chi connectivity index (χ3v) is 7.24. The number of hydrogen-bond donors (Lipinski definition) is 0. The maximum absolute atomic E-state index is 12.5. The van der Waals surface area contributed by atoms with E-state index in [4.69, 9.17) is 4.74 Å². The molecule has 0 saturated carbocycles. The monoisotopic (exact) mass is 376 g/mol. The smallest absolute Gasteiger partial charge is 0.265 e. The maximum atomic E-state index is 12.5. The highest BCUT2D eigenvalue weighted by atomic mass is 32.2.